The van der Waals surface area contributed by atoms with E-state index in [1.807, 2.05) is 30.3 Å². The van der Waals surface area contributed by atoms with Crippen molar-refractivity contribution in [1.82, 2.24) is 14.2 Å². The van der Waals surface area contributed by atoms with Crippen molar-refractivity contribution in [1.29, 1.82) is 0 Å². The van der Waals surface area contributed by atoms with Gasteiger partial charge in [-0.2, -0.15) is 4.31 Å². The lowest BCUT2D eigenvalue weighted by atomic mass is 10.1. The number of hydrogen-bond donors (Lipinski definition) is 0. The number of hydrogen-bond acceptors (Lipinski definition) is 6. The van der Waals surface area contributed by atoms with Gasteiger partial charge in [-0.05, 0) is 24.1 Å². The number of piperazine rings is 1. The maximum absolute atomic E-state index is 13.5. The molecule has 2 aliphatic rings. The number of rotatable bonds is 5. The van der Waals surface area contributed by atoms with Crippen LogP contribution in [0.4, 0.5) is 5.82 Å². The second-order valence-electron chi connectivity index (χ2n) is 8.49. The highest BCUT2D eigenvalue weighted by Crippen LogP contribution is 2.34. The van der Waals surface area contributed by atoms with Crippen LogP contribution in [-0.2, 0) is 14.8 Å². The first kappa shape index (κ1) is 24.9. The molecule has 2 aliphatic heterocycles. The van der Waals surface area contributed by atoms with Gasteiger partial charge in [0, 0.05) is 50.2 Å². The maximum atomic E-state index is 13.5. The highest BCUT2D eigenvalue weighted by atomic mass is 35.5. The first-order valence-corrected chi connectivity index (χ1v) is 13.1. The van der Waals surface area contributed by atoms with Gasteiger partial charge in [-0.15, -0.1) is 12.4 Å². The number of pyridine rings is 1. The normalized spacial score (nSPS) is 18.1. The van der Waals surface area contributed by atoms with E-state index in [0.29, 0.717) is 42.5 Å². The molecule has 7 nitrogen and oxygen atoms in total. The molecule has 2 aromatic carbocycles. The molecule has 0 aliphatic carbocycles. The predicted molar refractivity (Wildman–Crippen MR) is 138 cm³/mol. The zero-order chi connectivity index (χ0) is 22.8. The van der Waals surface area contributed by atoms with Crippen molar-refractivity contribution in [3.8, 4) is 11.3 Å². The molecule has 0 bridgehead atoms. The Morgan fingerprint density at radius 3 is 2.32 bits per heavy atom. The van der Waals surface area contributed by atoms with Crippen LogP contribution < -0.4 is 4.90 Å². The summed E-state index contributed by atoms with van der Waals surface area (Å²) in [5.41, 5.74) is 1.33. The number of sulfonamides is 1. The molecule has 1 aromatic heterocycles. The molecule has 2 fully saturated rings. The van der Waals surface area contributed by atoms with E-state index in [1.54, 1.807) is 12.1 Å². The topological polar surface area (TPSA) is 66.0 Å². The molecule has 9 heteroatoms. The van der Waals surface area contributed by atoms with Gasteiger partial charge >= 0.3 is 0 Å². The minimum atomic E-state index is -3.65. The van der Waals surface area contributed by atoms with E-state index in [4.69, 9.17) is 9.72 Å². The first-order chi connectivity index (χ1) is 16.1. The van der Waals surface area contributed by atoms with Crippen LogP contribution in [0.25, 0.3) is 22.0 Å². The van der Waals surface area contributed by atoms with Crippen LogP contribution in [0.2, 0.25) is 0 Å². The second kappa shape index (κ2) is 10.6. The van der Waals surface area contributed by atoms with Gasteiger partial charge in [0.15, 0.2) is 0 Å². The van der Waals surface area contributed by atoms with Gasteiger partial charge < -0.3 is 14.5 Å². The zero-order valence-corrected chi connectivity index (χ0v) is 21.0. The molecule has 0 spiro atoms. The summed E-state index contributed by atoms with van der Waals surface area (Å²) < 4.78 is 33.9. The van der Waals surface area contributed by atoms with Crippen LogP contribution in [0.3, 0.4) is 0 Å². The molecule has 182 valence electrons. The van der Waals surface area contributed by atoms with Crippen molar-refractivity contribution in [2.45, 2.75) is 11.8 Å². The fourth-order valence-corrected chi connectivity index (χ4v) is 6.27. The van der Waals surface area contributed by atoms with Gasteiger partial charge in [0.1, 0.15) is 5.82 Å². The predicted octanol–water partition coefficient (Wildman–Crippen LogP) is 3.49. The molecule has 0 unspecified atom stereocenters. The van der Waals surface area contributed by atoms with Crippen molar-refractivity contribution >= 4 is 39.0 Å². The summed E-state index contributed by atoms with van der Waals surface area (Å²) in [4.78, 5) is 10.1. The van der Waals surface area contributed by atoms with Gasteiger partial charge in [0.2, 0.25) is 10.0 Å². The van der Waals surface area contributed by atoms with E-state index >= 15 is 0 Å². The monoisotopic (exact) mass is 502 g/mol. The molecular weight excluding hydrogens is 472 g/mol. The molecule has 34 heavy (non-hydrogen) atoms. The number of aromatic nitrogens is 1. The van der Waals surface area contributed by atoms with E-state index in [2.05, 4.69) is 28.9 Å². The van der Waals surface area contributed by atoms with Crippen LogP contribution in [0.5, 0.6) is 0 Å². The number of anilines is 1. The average Bonchev–Trinajstić information content (AvgIpc) is 2.88. The van der Waals surface area contributed by atoms with Gasteiger partial charge in [-0.1, -0.05) is 49.4 Å². The van der Waals surface area contributed by atoms with Crippen LogP contribution in [0.1, 0.15) is 6.92 Å². The molecule has 0 N–H and O–H groups in total. The minimum absolute atomic E-state index is 0. The summed E-state index contributed by atoms with van der Waals surface area (Å²) in [6.07, 6.45) is 0. The molecule has 0 atom stereocenters. The molecule has 3 aromatic rings. The van der Waals surface area contributed by atoms with Crippen molar-refractivity contribution in [2.75, 3.05) is 63.9 Å². The number of fused-ring (bicyclic) bond motifs is 1. The van der Waals surface area contributed by atoms with E-state index < -0.39 is 10.0 Å². The van der Waals surface area contributed by atoms with Gasteiger partial charge in [-0.25, -0.2) is 13.4 Å². The summed E-state index contributed by atoms with van der Waals surface area (Å²) in [7, 11) is -3.65. The summed E-state index contributed by atoms with van der Waals surface area (Å²) in [6.45, 7) is 8.63. The number of nitrogens with zero attached hydrogens (tertiary/aromatic N) is 4. The number of morpholine rings is 1. The van der Waals surface area contributed by atoms with E-state index in [9.17, 15) is 8.42 Å². The Morgan fingerprint density at radius 2 is 1.59 bits per heavy atom. The zero-order valence-electron chi connectivity index (χ0n) is 19.4. The third-order valence-corrected chi connectivity index (χ3v) is 8.55. The third-order valence-electron chi connectivity index (χ3n) is 6.59. The van der Waals surface area contributed by atoms with Gasteiger partial charge in [0.25, 0.3) is 0 Å². The molecule has 3 heterocycles. The Hall–Kier alpha value is -2.23. The largest absolute Gasteiger partial charge is 0.379 e. The van der Waals surface area contributed by atoms with E-state index in [1.165, 1.54) is 4.31 Å². The number of halogens is 1. The standard InChI is InChI=1S/C25H30N4O3S.ClH/c1-2-27-11-13-28(14-12-27)25-21-8-4-3-7-20(21)19-23(26-25)22-9-5-6-10-24(22)33(30,31)29-15-17-32-18-16-29;/h3-10,19H,2,11-18H2,1H3;1H. The Labute approximate surface area is 207 Å². The molecule has 0 saturated carbocycles. The van der Waals surface area contributed by atoms with Gasteiger partial charge in [-0.3, -0.25) is 0 Å². The van der Waals surface area contributed by atoms with E-state index in [0.717, 1.165) is 49.3 Å². The molecule has 0 amide bonds. The summed E-state index contributed by atoms with van der Waals surface area (Å²) in [5.74, 6) is 0.928. The Morgan fingerprint density at radius 1 is 0.912 bits per heavy atom. The van der Waals surface area contributed by atoms with Crippen molar-refractivity contribution in [3.05, 3.63) is 54.6 Å². The second-order valence-corrected chi connectivity index (χ2v) is 10.4. The van der Waals surface area contributed by atoms with Crippen LogP contribution >= 0.6 is 12.4 Å². The summed E-state index contributed by atoms with van der Waals surface area (Å²) in [5, 5.41) is 2.16. The van der Waals surface area contributed by atoms with Crippen LogP contribution in [0, 0.1) is 0 Å². The number of ether oxygens (including phenoxy) is 1. The smallest absolute Gasteiger partial charge is 0.243 e. The fourth-order valence-electron chi connectivity index (χ4n) is 4.66. The van der Waals surface area contributed by atoms with E-state index in [-0.39, 0.29) is 12.4 Å². The molecular formula is C25H31ClN4O3S. The van der Waals surface area contributed by atoms with Crippen LogP contribution in [-0.4, -0.2) is 81.6 Å². The Balaban J connectivity index is 0.00000274. The van der Waals surface area contributed by atoms with Crippen molar-refractivity contribution < 1.29 is 13.2 Å². The van der Waals surface area contributed by atoms with Crippen LogP contribution in [0.15, 0.2) is 59.5 Å². The molecule has 5 rings (SSSR count). The van der Waals surface area contributed by atoms with Crippen molar-refractivity contribution in [2.24, 2.45) is 0 Å². The summed E-state index contributed by atoms with van der Waals surface area (Å²) in [6, 6.07) is 17.4. The fraction of sp³-hybridized carbons (Fsp3) is 0.400. The SMILES string of the molecule is CCN1CCN(c2nc(-c3ccccc3S(=O)(=O)N3CCOCC3)cc3ccccc23)CC1.Cl. The third kappa shape index (κ3) is 4.78. The quantitative estimate of drug-likeness (QED) is 0.532. The van der Waals surface area contributed by atoms with Crippen molar-refractivity contribution in [3.63, 3.8) is 0 Å². The average molecular weight is 503 g/mol. The number of likely N-dealkylation sites (N-methyl/N-ethyl adjacent to an activating group) is 1. The highest BCUT2D eigenvalue weighted by Gasteiger charge is 2.29. The lowest BCUT2D eigenvalue weighted by Crippen LogP contribution is -2.46. The first-order valence-electron chi connectivity index (χ1n) is 11.6. The molecule has 0 radical (unpaired) electrons. The Bertz CT molecular complexity index is 1240. The van der Waals surface area contributed by atoms with Gasteiger partial charge in [0.05, 0.1) is 23.8 Å². The summed E-state index contributed by atoms with van der Waals surface area (Å²) >= 11 is 0. The lowest BCUT2D eigenvalue weighted by molar-refractivity contribution is 0.0730. The maximum Gasteiger partial charge on any atom is 0.243 e. The minimum Gasteiger partial charge on any atom is -0.379 e. The Kier molecular flexibility index (Phi) is 7.74. The molecule has 2 saturated heterocycles. The number of benzene rings is 2. The highest BCUT2D eigenvalue weighted by molar-refractivity contribution is 7.89. The lowest BCUT2D eigenvalue weighted by Gasteiger charge is -2.35.